The van der Waals surface area contributed by atoms with Crippen LogP contribution >= 0.6 is 0 Å². The smallest absolute Gasteiger partial charge is 0.143 e. The molecule has 0 atom stereocenters. The lowest BCUT2D eigenvalue weighted by Gasteiger charge is -2.20. The van der Waals surface area contributed by atoms with Crippen molar-refractivity contribution in [1.82, 2.24) is 0 Å². The van der Waals surface area contributed by atoms with Crippen molar-refractivity contribution in [3.8, 4) is 0 Å². The van der Waals surface area contributed by atoms with Gasteiger partial charge in [0.05, 0.1) is 0 Å². The van der Waals surface area contributed by atoms with E-state index in [-0.39, 0.29) is 0 Å². The van der Waals surface area contributed by atoms with Crippen LogP contribution in [0.3, 0.4) is 0 Å². The van der Waals surface area contributed by atoms with E-state index in [1.165, 1.54) is 54.6 Å². The van der Waals surface area contributed by atoms with Gasteiger partial charge >= 0.3 is 0 Å². The van der Waals surface area contributed by atoms with E-state index in [2.05, 4.69) is 76.2 Å². The Morgan fingerprint density at radius 2 is 1.19 bits per heavy atom. The summed E-state index contributed by atoms with van der Waals surface area (Å²) in [5, 5.41) is 7.78. The molecule has 5 rings (SSSR count). The van der Waals surface area contributed by atoms with Gasteiger partial charge in [0.2, 0.25) is 0 Å². The molecule has 5 aromatic rings. The Balaban J connectivity index is 2.23. The van der Waals surface area contributed by atoms with Crippen LogP contribution in [0.15, 0.2) is 52.9 Å². The summed E-state index contributed by atoms with van der Waals surface area (Å²) in [7, 11) is 0. The minimum Gasteiger partial charge on any atom is -0.455 e. The highest BCUT2D eigenvalue weighted by Gasteiger charge is 2.21. The first kappa shape index (κ1) is 16.4. The monoisotopic (exact) mass is 352 g/mol. The molecule has 1 nitrogen and oxygen atoms in total. The summed E-state index contributed by atoms with van der Waals surface area (Å²) in [5.41, 5.74) is 7.85. The van der Waals surface area contributed by atoms with E-state index in [1.807, 2.05) is 0 Å². The molecule has 1 aromatic heterocycles. The summed E-state index contributed by atoms with van der Waals surface area (Å²) in [6.45, 7) is 9.16. The zero-order valence-electron chi connectivity index (χ0n) is 16.4. The third-order valence-electron chi connectivity index (χ3n) is 6.26. The maximum atomic E-state index is 6.40. The second-order valence-electron chi connectivity index (χ2n) is 7.51. The van der Waals surface area contributed by atoms with Crippen LogP contribution in [0.2, 0.25) is 0 Å². The summed E-state index contributed by atoms with van der Waals surface area (Å²) >= 11 is 0. The van der Waals surface area contributed by atoms with Crippen LogP contribution in [0.25, 0.3) is 43.5 Å². The average Bonchev–Trinajstić information content (AvgIpc) is 3.09. The molecule has 134 valence electrons. The predicted octanol–water partition coefficient (Wildman–Crippen LogP) is 7.63. The van der Waals surface area contributed by atoms with Crippen molar-refractivity contribution in [3.63, 3.8) is 0 Å². The van der Waals surface area contributed by atoms with Crippen molar-refractivity contribution in [2.45, 2.75) is 40.5 Å². The van der Waals surface area contributed by atoms with Crippen LogP contribution in [-0.2, 0) is 12.8 Å². The first-order valence-corrected chi connectivity index (χ1v) is 9.93. The maximum absolute atomic E-state index is 6.40. The highest BCUT2D eigenvalue weighted by Crippen LogP contribution is 2.44. The highest BCUT2D eigenvalue weighted by atomic mass is 16.3. The lowest BCUT2D eigenvalue weighted by atomic mass is 9.84. The molecule has 0 radical (unpaired) electrons. The van der Waals surface area contributed by atoms with Gasteiger partial charge in [0.1, 0.15) is 11.2 Å². The van der Waals surface area contributed by atoms with E-state index in [0.717, 1.165) is 24.0 Å². The van der Waals surface area contributed by atoms with Crippen molar-refractivity contribution in [2.75, 3.05) is 0 Å². The summed E-state index contributed by atoms with van der Waals surface area (Å²) in [4.78, 5) is 0. The zero-order valence-corrected chi connectivity index (χ0v) is 16.4. The lowest BCUT2D eigenvalue weighted by molar-refractivity contribution is 0.673. The van der Waals surface area contributed by atoms with E-state index in [4.69, 9.17) is 4.42 Å². The minimum absolute atomic E-state index is 0.972. The van der Waals surface area contributed by atoms with Gasteiger partial charge in [0.15, 0.2) is 0 Å². The van der Waals surface area contributed by atoms with Crippen LogP contribution in [-0.4, -0.2) is 0 Å². The molecule has 0 spiro atoms. The predicted molar refractivity (Wildman–Crippen MR) is 117 cm³/mol. The average molecular weight is 352 g/mol. The molecule has 1 heterocycles. The maximum Gasteiger partial charge on any atom is 0.143 e. The van der Waals surface area contributed by atoms with Crippen LogP contribution in [0.1, 0.15) is 36.1 Å². The quantitative estimate of drug-likeness (QED) is 0.298. The molecule has 0 aliphatic rings. The Morgan fingerprint density at radius 3 is 1.85 bits per heavy atom. The summed E-state index contributed by atoms with van der Waals surface area (Å²) in [5.74, 6) is 0. The Bertz CT molecular complexity index is 1350. The summed E-state index contributed by atoms with van der Waals surface area (Å²) in [6, 6.07) is 17.2. The van der Waals surface area contributed by atoms with E-state index >= 15 is 0 Å². The van der Waals surface area contributed by atoms with E-state index in [1.54, 1.807) is 0 Å². The molecule has 0 aliphatic heterocycles. The van der Waals surface area contributed by atoms with Crippen molar-refractivity contribution in [2.24, 2.45) is 0 Å². The van der Waals surface area contributed by atoms with Gasteiger partial charge in [-0.25, -0.2) is 0 Å². The molecular formula is C26H24O. The molecule has 0 N–H and O–H groups in total. The van der Waals surface area contributed by atoms with Crippen LogP contribution in [0, 0.1) is 13.8 Å². The van der Waals surface area contributed by atoms with Crippen LogP contribution < -0.4 is 0 Å². The third-order valence-corrected chi connectivity index (χ3v) is 6.26. The molecule has 4 aromatic carbocycles. The molecule has 0 unspecified atom stereocenters. The van der Waals surface area contributed by atoms with Gasteiger partial charge in [-0.05, 0) is 71.2 Å². The third kappa shape index (κ3) is 2.06. The van der Waals surface area contributed by atoms with Gasteiger partial charge in [0, 0.05) is 16.2 Å². The van der Waals surface area contributed by atoms with Crippen LogP contribution in [0.4, 0.5) is 0 Å². The second kappa shape index (κ2) is 5.85. The Kier molecular flexibility index (Phi) is 3.55. The fourth-order valence-electron chi connectivity index (χ4n) is 5.12. The molecule has 27 heavy (non-hydrogen) atoms. The van der Waals surface area contributed by atoms with Gasteiger partial charge in [-0.15, -0.1) is 0 Å². The fourth-order valence-corrected chi connectivity index (χ4v) is 5.12. The number of rotatable bonds is 2. The highest BCUT2D eigenvalue weighted by molar-refractivity contribution is 6.31. The molecule has 0 bridgehead atoms. The molecule has 0 aliphatic carbocycles. The molecule has 0 saturated carbocycles. The van der Waals surface area contributed by atoms with Gasteiger partial charge in [-0.1, -0.05) is 56.3 Å². The van der Waals surface area contributed by atoms with Gasteiger partial charge in [0.25, 0.3) is 0 Å². The summed E-state index contributed by atoms with van der Waals surface area (Å²) < 4.78 is 6.40. The largest absolute Gasteiger partial charge is 0.455 e. The SMILES string of the molecule is CCc1c(CC)c(C)c2c(c1C)c1ccccc1c1oc3ccccc3c12. The normalized spacial score (nSPS) is 12.0. The topological polar surface area (TPSA) is 13.1 Å². The molecule has 0 saturated heterocycles. The molecule has 0 amide bonds. The van der Waals surface area contributed by atoms with Gasteiger partial charge in [-0.2, -0.15) is 0 Å². The number of hydrogen-bond donors (Lipinski definition) is 0. The van der Waals surface area contributed by atoms with Crippen molar-refractivity contribution in [1.29, 1.82) is 0 Å². The lowest BCUT2D eigenvalue weighted by Crippen LogP contribution is -2.01. The van der Waals surface area contributed by atoms with Crippen LogP contribution in [0.5, 0.6) is 0 Å². The Labute approximate surface area is 159 Å². The van der Waals surface area contributed by atoms with Gasteiger partial charge < -0.3 is 4.42 Å². The molecule has 0 fully saturated rings. The standard InChI is InChI=1S/C26H24O/c1-5-17-15(3)23-19-11-7-8-12-20(19)26-25(24(23)16(4)18(17)6-2)21-13-9-10-14-22(21)27-26/h7-14H,5-6H2,1-4H3. The van der Waals surface area contributed by atoms with E-state index in [9.17, 15) is 0 Å². The molecule has 1 heteroatoms. The molecular weight excluding hydrogens is 328 g/mol. The number of para-hydroxylation sites is 1. The number of aryl methyl sites for hydroxylation is 2. The summed E-state index contributed by atoms with van der Waals surface area (Å²) in [6.07, 6.45) is 2.14. The number of furan rings is 1. The Hall–Kier alpha value is -2.80. The number of fused-ring (bicyclic) bond motifs is 8. The zero-order chi connectivity index (χ0) is 18.7. The van der Waals surface area contributed by atoms with Crippen molar-refractivity contribution in [3.05, 3.63) is 70.8 Å². The van der Waals surface area contributed by atoms with Crippen molar-refractivity contribution >= 4 is 43.5 Å². The fraction of sp³-hybridized carbons (Fsp3) is 0.231. The first-order chi connectivity index (χ1) is 13.2. The second-order valence-corrected chi connectivity index (χ2v) is 7.51. The Morgan fingerprint density at radius 1 is 0.630 bits per heavy atom. The minimum atomic E-state index is 0.972. The van der Waals surface area contributed by atoms with E-state index in [0.29, 0.717) is 0 Å². The van der Waals surface area contributed by atoms with Gasteiger partial charge in [-0.3, -0.25) is 0 Å². The first-order valence-electron chi connectivity index (χ1n) is 9.93. The number of hydrogen-bond acceptors (Lipinski definition) is 1. The number of benzene rings is 4. The van der Waals surface area contributed by atoms with Crippen molar-refractivity contribution < 1.29 is 4.42 Å². The van der Waals surface area contributed by atoms with E-state index < -0.39 is 0 Å².